The number of hydrogen-bond donors (Lipinski definition) is 2. The molecule has 0 unspecified atom stereocenters. The summed E-state index contributed by atoms with van der Waals surface area (Å²) < 4.78 is 16.9. The lowest BCUT2D eigenvalue weighted by atomic mass is 10.1. The largest absolute Gasteiger partial charge is 0.493 e. The molecule has 0 aliphatic carbocycles. The van der Waals surface area contributed by atoms with Crippen molar-refractivity contribution in [3.05, 3.63) is 93.5 Å². The van der Waals surface area contributed by atoms with Crippen molar-refractivity contribution in [3.63, 3.8) is 0 Å². The van der Waals surface area contributed by atoms with Crippen LogP contribution in [-0.4, -0.2) is 38.0 Å². The average molecular weight is 579 g/mol. The quantitative estimate of drug-likeness (QED) is 0.251. The van der Waals surface area contributed by atoms with Crippen LogP contribution in [0.2, 0.25) is 0 Å². The second-order valence-corrected chi connectivity index (χ2v) is 8.78. The van der Waals surface area contributed by atoms with E-state index >= 15 is 0 Å². The third-order valence-corrected chi connectivity index (χ3v) is 6.04. The lowest BCUT2D eigenvalue weighted by Crippen LogP contribution is -2.47. The monoisotopic (exact) mass is 578 g/mol. The minimum atomic E-state index is -0.890. The summed E-state index contributed by atoms with van der Waals surface area (Å²) in [6, 6.07) is 21.2. The van der Waals surface area contributed by atoms with Crippen LogP contribution >= 0.6 is 15.9 Å². The number of carbonyl (C=O) groups excluding carboxylic acids is 2. The fraction of sp³-hybridized carbons (Fsp3) is 0.214. The summed E-state index contributed by atoms with van der Waals surface area (Å²) >= 11 is 3.49. The van der Waals surface area contributed by atoms with Gasteiger partial charge in [-0.15, -0.1) is 0 Å². The Morgan fingerprint density at radius 1 is 1.11 bits per heavy atom. The number of nitriles is 1. The molecule has 0 aliphatic rings. The Morgan fingerprint density at radius 3 is 2.55 bits per heavy atom. The fourth-order valence-corrected chi connectivity index (χ4v) is 3.88. The van der Waals surface area contributed by atoms with E-state index in [1.807, 2.05) is 42.5 Å². The Bertz CT molecular complexity index is 1320. The van der Waals surface area contributed by atoms with Crippen molar-refractivity contribution >= 4 is 34.1 Å². The normalized spacial score (nSPS) is 11.3. The van der Waals surface area contributed by atoms with E-state index in [0.29, 0.717) is 27.1 Å². The van der Waals surface area contributed by atoms with Crippen LogP contribution in [-0.2, 0) is 22.6 Å². The summed E-state index contributed by atoms with van der Waals surface area (Å²) in [5, 5.41) is 15.9. The van der Waals surface area contributed by atoms with Crippen molar-refractivity contribution in [2.45, 2.75) is 26.0 Å². The van der Waals surface area contributed by atoms with Crippen molar-refractivity contribution in [3.8, 4) is 17.6 Å². The molecule has 0 radical (unpaired) electrons. The first-order valence-electron chi connectivity index (χ1n) is 11.7. The number of amides is 2. The zero-order valence-electron chi connectivity index (χ0n) is 20.9. The van der Waals surface area contributed by atoms with E-state index in [9.17, 15) is 14.9 Å². The summed E-state index contributed by atoms with van der Waals surface area (Å²) in [5.74, 6) is 0.411. The predicted molar refractivity (Wildman–Crippen MR) is 146 cm³/mol. The topological polar surface area (TPSA) is 122 Å². The first-order valence-corrected chi connectivity index (χ1v) is 12.5. The number of hydrogen-bond acceptors (Lipinski definition) is 7. The number of methoxy groups -OCH3 is 1. The van der Waals surface area contributed by atoms with Crippen LogP contribution in [0.1, 0.15) is 29.2 Å². The molecule has 0 saturated carbocycles. The molecule has 0 heterocycles. The van der Waals surface area contributed by atoms with Gasteiger partial charge in [0.1, 0.15) is 12.6 Å². The summed E-state index contributed by atoms with van der Waals surface area (Å²) in [6.07, 6.45) is 1.02. The Hall–Kier alpha value is -4.36. The maximum atomic E-state index is 12.8. The molecule has 0 aromatic heterocycles. The SMILES string of the molecule is CCOC(=O)N[C@@H](Cc1ccccc1)C(=O)N/N=C\c1cc(OC)c(OCc2ccccc2C#N)cc1Br. The number of nitrogens with one attached hydrogen (secondary N) is 2. The maximum absolute atomic E-state index is 12.8. The lowest BCUT2D eigenvalue weighted by Gasteiger charge is -2.17. The zero-order chi connectivity index (χ0) is 27.3. The van der Waals surface area contributed by atoms with Crippen molar-refractivity contribution in [1.29, 1.82) is 5.26 Å². The third-order valence-electron chi connectivity index (χ3n) is 5.35. The van der Waals surface area contributed by atoms with Gasteiger partial charge in [0, 0.05) is 22.0 Å². The first kappa shape index (κ1) is 28.2. The van der Waals surface area contributed by atoms with E-state index in [4.69, 9.17) is 14.2 Å². The highest BCUT2D eigenvalue weighted by atomic mass is 79.9. The van der Waals surface area contributed by atoms with Crippen molar-refractivity contribution in [2.24, 2.45) is 5.10 Å². The van der Waals surface area contributed by atoms with Gasteiger partial charge in [0.05, 0.1) is 31.6 Å². The molecule has 2 N–H and O–H groups in total. The van der Waals surface area contributed by atoms with E-state index in [-0.39, 0.29) is 19.6 Å². The molecule has 9 nitrogen and oxygen atoms in total. The van der Waals surface area contributed by atoms with Crippen LogP contribution in [0.4, 0.5) is 4.79 Å². The van der Waals surface area contributed by atoms with Gasteiger partial charge in [0.2, 0.25) is 0 Å². The lowest BCUT2D eigenvalue weighted by molar-refractivity contribution is -0.123. The van der Waals surface area contributed by atoms with E-state index in [1.165, 1.54) is 13.3 Å². The number of ether oxygens (including phenoxy) is 3. The van der Waals surface area contributed by atoms with Crippen molar-refractivity contribution in [2.75, 3.05) is 13.7 Å². The van der Waals surface area contributed by atoms with Gasteiger partial charge in [-0.3, -0.25) is 4.79 Å². The van der Waals surface area contributed by atoms with Gasteiger partial charge in [-0.1, -0.05) is 48.5 Å². The number of carbonyl (C=O) groups is 2. The molecule has 0 bridgehead atoms. The summed E-state index contributed by atoms with van der Waals surface area (Å²) in [7, 11) is 1.51. The minimum absolute atomic E-state index is 0.185. The first-order chi connectivity index (χ1) is 18.4. The second kappa shape index (κ2) is 14.4. The van der Waals surface area contributed by atoms with Gasteiger partial charge in [0.15, 0.2) is 11.5 Å². The summed E-state index contributed by atoms with van der Waals surface area (Å²) in [5.41, 5.74) is 5.25. The molecule has 0 spiro atoms. The van der Waals surface area contributed by atoms with Crippen LogP contribution < -0.4 is 20.2 Å². The Morgan fingerprint density at radius 2 is 1.84 bits per heavy atom. The smallest absolute Gasteiger partial charge is 0.407 e. The van der Waals surface area contributed by atoms with Crippen LogP contribution in [0.15, 0.2) is 76.3 Å². The van der Waals surface area contributed by atoms with Gasteiger partial charge in [-0.25, -0.2) is 10.2 Å². The zero-order valence-corrected chi connectivity index (χ0v) is 22.5. The van der Waals surface area contributed by atoms with Crippen molar-refractivity contribution in [1.82, 2.24) is 10.7 Å². The highest BCUT2D eigenvalue weighted by Gasteiger charge is 2.21. The number of rotatable bonds is 11. The van der Waals surface area contributed by atoms with Gasteiger partial charge in [-0.2, -0.15) is 10.4 Å². The molecular formula is C28H27BrN4O5. The highest BCUT2D eigenvalue weighted by Crippen LogP contribution is 2.33. The predicted octanol–water partition coefficient (Wildman–Crippen LogP) is 4.72. The Balaban J connectivity index is 1.70. The van der Waals surface area contributed by atoms with Gasteiger partial charge >= 0.3 is 6.09 Å². The van der Waals surface area contributed by atoms with Crippen LogP contribution in [0.25, 0.3) is 0 Å². The average Bonchev–Trinajstić information content (AvgIpc) is 2.93. The molecule has 1 atom stereocenters. The molecule has 10 heteroatoms. The van der Waals surface area contributed by atoms with Crippen LogP contribution in [0, 0.1) is 11.3 Å². The number of alkyl carbamates (subject to hydrolysis) is 1. The molecule has 2 amide bonds. The summed E-state index contributed by atoms with van der Waals surface area (Å²) in [6.45, 7) is 2.06. The molecule has 196 valence electrons. The molecule has 3 rings (SSSR count). The molecule has 0 saturated heterocycles. The molecule has 0 aliphatic heterocycles. The maximum Gasteiger partial charge on any atom is 0.407 e. The number of halogens is 1. The fourth-order valence-electron chi connectivity index (χ4n) is 3.45. The molecule has 0 fully saturated rings. The van der Waals surface area contributed by atoms with Crippen LogP contribution in [0.5, 0.6) is 11.5 Å². The highest BCUT2D eigenvalue weighted by molar-refractivity contribution is 9.10. The number of hydrazone groups is 1. The molecule has 38 heavy (non-hydrogen) atoms. The van der Waals surface area contributed by atoms with Crippen LogP contribution in [0.3, 0.4) is 0 Å². The van der Waals surface area contributed by atoms with Gasteiger partial charge in [-0.05, 0) is 46.6 Å². The minimum Gasteiger partial charge on any atom is -0.493 e. The number of nitrogens with zero attached hydrogens (tertiary/aromatic N) is 2. The van der Waals surface area contributed by atoms with E-state index in [1.54, 1.807) is 31.2 Å². The Kier molecular flexibility index (Phi) is 10.7. The Labute approximate surface area is 229 Å². The van der Waals surface area contributed by atoms with E-state index < -0.39 is 18.0 Å². The number of benzene rings is 3. The summed E-state index contributed by atoms with van der Waals surface area (Å²) in [4.78, 5) is 24.8. The molecular weight excluding hydrogens is 552 g/mol. The standard InChI is InChI=1S/C28H27BrN4O5/c1-3-37-28(35)32-24(13-19-9-5-4-6-10-19)27(34)33-31-17-22-14-25(36-2)26(15-23(22)29)38-18-21-12-8-7-11-20(21)16-30/h4-12,14-15,17,24H,3,13,18H2,1-2H3,(H,32,35)(H,33,34)/b31-17-/t24-/m0/s1. The van der Waals surface area contributed by atoms with Gasteiger partial charge in [0.25, 0.3) is 5.91 Å². The molecule has 3 aromatic rings. The second-order valence-electron chi connectivity index (χ2n) is 7.92. The third kappa shape index (κ3) is 8.08. The van der Waals surface area contributed by atoms with E-state index in [0.717, 1.165) is 11.1 Å². The molecule has 3 aromatic carbocycles. The van der Waals surface area contributed by atoms with E-state index in [2.05, 4.69) is 37.8 Å². The van der Waals surface area contributed by atoms with Gasteiger partial charge < -0.3 is 19.5 Å². The van der Waals surface area contributed by atoms with Crippen molar-refractivity contribution < 1.29 is 23.8 Å².